The highest BCUT2D eigenvalue weighted by Gasteiger charge is 2.25. The maximum atomic E-state index is 13.3. The quantitative estimate of drug-likeness (QED) is 0.489. The Morgan fingerprint density at radius 2 is 1.46 bits per heavy atom. The normalized spacial score (nSPS) is 11.6. The van der Waals surface area contributed by atoms with E-state index in [2.05, 4.69) is 0 Å². The molecule has 0 aromatic heterocycles. The zero-order chi connectivity index (χ0) is 19.8. The molecule has 0 aliphatic carbocycles. The number of nitrogens with zero attached hydrogens (tertiary/aromatic N) is 1. The molecule has 0 aliphatic rings. The third kappa shape index (κ3) is 5.61. The molecule has 1 amide bonds. The van der Waals surface area contributed by atoms with Crippen molar-refractivity contribution in [1.29, 1.82) is 0 Å². The number of rotatable bonds is 8. The highest BCUT2D eigenvalue weighted by molar-refractivity contribution is 6.30. The van der Waals surface area contributed by atoms with Gasteiger partial charge >= 0.3 is 0 Å². The van der Waals surface area contributed by atoms with Gasteiger partial charge in [0.1, 0.15) is 5.75 Å². The lowest BCUT2D eigenvalue weighted by Crippen LogP contribution is -2.41. The number of halogens is 1. The lowest BCUT2D eigenvalue weighted by Gasteiger charge is -2.28. The molecule has 0 spiro atoms. The molecule has 0 bridgehead atoms. The predicted molar refractivity (Wildman–Crippen MR) is 113 cm³/mol. The van der Waals surface area contributed by atoms with Gasteiger partial charge in [-0.25, -0.2) is 0 Å². The molecule has 3 nitrogen and oxygen atoms in total. The van der Waals surface area contributed by atoms with Crippen molar-refractivity contribution >= 4 is 17.5 Å². The van der Waals surface area contributed by atoms with Gasteiger partial charge in [-0.1, -0.05) is 85.3 Å². The van der Waals surface area contributed by atoms with E-state index in [1.165, 1.54) is 0 Å². The maximum Gasteiger partial charge on any atom is 0.264 e. The van der Waals surface area contributed by atoms with Gasteiger partial charge < -0.3 is 9.64 Å². The van der Waals surface area contributed by atoms with Gasteiger partial charge in [-0.2, -0.15) is 0 Å². The van der Waals surface area contributed by atoms with Crippen LogP contribution in [-0.2, 0) is 17.9 Å². The van der Waals surface area contributed by atoms with Crippen LogP contribution in [0.3, 0.4) is 0 Å². The van der Waals surface area contributed by atoms with Gasteiger partial charge in [-0.15, -0.1) is 0 Å². The van der Waals surface area contributed by atoms with E-state index in [1.54, 1.807) is 12.1 Å². The lowest BCUT2D eigenvalue weighted by molar-refractivity contribution is -0.140. The minimum atomic E-state index is -0.564. The maximum absolute atomic E-state index is 13.3. The number of ether oxygens (including phenoxy) is 1. The van der Waals surface area contributed by atoms with Crippen LogP contribution in [0.5, 0.6) is 5.75 Å². The second-order valence-corrected chi connectivity index (χ2v) is 7.07. The first-order valence-corrected chi connectivity index (χ1v) is 9.82. The highest BCUT2D eigenvalue weighted by atomic mass is 35.5. The van der Waals surface area contributed by atoms with Gasteiger partial charge in [0, 0.05) is 18.1 Å². The molecule has 0 unspecified atom stereocenters. The van der Waals surface area contributed by atoms with Gasteiger partial charge in [-0.3, -0.25) is 4.79 Å². The largest absolute Gasteiger partial charge is 0.481 e. The van der Waals surface area contributed by atoms with Gasteiger partial charge in [0.15, 0.2) is 6.10 Å². The van der Waals surface area contributed by atoms with Crippen molar-refractivity contribution in [1.82, 2.24) is 4.90 Å². The molecule has 4 heteroatoms. The standard InChI is InChI=1S/C24H24ClNO2/c1-2-23(28-22-15-9-14-21(25)16-22)24(27)26(17-19-10-5-3-6-11-19)18-20-12-7-4-8-13-20/h3-16,23H,2,17-18H2,1H3/t23-/m1/s1. The Morgan fingerprint density at radius 1 is 0.893 bits per heavy atom. The lowest BCUT2D eigenvalue weighted by atomic mass is 10.1. The van der Waals surface area contributed by atoms with Crippen molar-refractivity contribution in [2.24, 2.45) is 0 Å². The zero-order valence-corrected chi connectivity index (χ0v) is 16.7. The first kappa shape index (κ1) is 20.0. The van der Waals surface area contributed by atoms with E-state index in [1.807, 2.05) is 84.6 Å². The topological polar surface area (TPSA) is 29.5 Å². The van der Waals surface area contributed by atoms with Crippen LogP contribution in [0.25, 0.3) is 0 Å². The molecule has 0 radical (unpaired) electrons. The van der Waals surface area contributed by atoms with Crippen LogP contribution < -0.4 is 4.74 Å². The van der Waals surface area contributed by atoms with Gasteiger partial charge in [0.25, 0.3) is 5.91 Å². The Morgan fingerprint density at radius 3 is 1.96 bits per heavy atom. The van der Waals surface area contributed by atoms with Crippen molar-refractivity contribution < 1.29 is 9.53 Å². The number of hydrogen-bond acceptors (Lipinski definition) is 2. The second kappa shape index (κ2) is 9.95. The molecule has 0 N–H and O–H groups in total. The van der Waals surface area contributed by atoms with E-state index < -0.39 is 6.10 Å². The van der Waals surface area contributed by atoms with E-state index in [4.69, 9.17) is 16.3 Å². The van der Waals surface area contributed by atoms with Crippen molar-refractivity contribution in [3.8, 4) is 5.75 Å². The molecule has 0 fully saturated rings. The van der Waals surface area contributed by atoms with E-state index >= 15 is 0 Å². The Labute approximate surface area is 171 Å². The van der Waals surface area contributed by atoms with Crippen molar-refractivity contribution in [3.05, 3.63) is 101 Å². The van der Waals surface area contributed by atoms with Crippen molar-refractivity contribution in [3.63, 3.8) is 0 Å². The highest BCUT2D eigenvalue weighted by Crippen LogP contribution is 2.21. The second-order valence-electron chi connectivity index (χ2n) is 6.64. The summed E-state index contributed by atoms with van der Waals surface area (Å²) in [6.07, 6.45) is 0.0108. The fraction of sp³-hybridized carbons (Fsp3) is 0.208. The summed E-state index contributed by atoms with van der Waals surface area (Å²) >= 11 is 6.05. The summed E-state index contributed by atoms with van der Waals surface area (Å²) < 4.78 is 5.99. The van der Waals surface area contributed by atoms with E-state index in [0.717, 1.165) is 11.1 Å². The molecule has 0 saturated heterocycles. The Balaban J connectivity index is 1.80. The van der Waals surface area contributed by atoms with Crippen LogP contribution in [0.1, 0.15) is 24.5 Å². The number of carbonyl (C=O) groups is 1. The molecular weight excluding hydrogens is 370 g/mol. The first-order valence-electron chi connectivity index (χ1n) is 9.44. The van der Waals surface area contributed by atoms with Crippen LogP contribution >= 0.6 is 11.6 Å². The summed E-state index contributed by atoms with van der Waals surface area (Å²) in [7, 11) is 0. The Kier molecular flexibility index (Phi) is 7.10. The fourth-order valence-corrected chi connectivity index (χ4v) is 3.22. The van der Waals surface area contributed by atoms with Gasteiger partial charge in [-0.05, 0) is 35.7 Å². The predicted octanol–water partition coefficient (Wildman–Crippen LogP) is 5.73. The summed E-state index contributed by atoms with van der Waals surface area (Å²) in [4.78, 5) is 15.2. The first-order chi connectivity index (χ1) is 13.7. The van der Waals surface area contributed by atoms with Crippen LogP contribution in [0.4, 0.5) is 0 Å². The van der Waals surface area contributed by atoms with Crippen LogP contribution in [-0.4, -0.2) is 16.9 Å². The summed E-state index contributed by atoms with van der Waals surface area (Å²) in [6, 6.07) is 27.2. The summed E-state index contributed by atoms with van der Waals surface area (Å²) in [5.74, 6) is 0.572. The van der Waals surface area contributed by atoms with Crippen LogP contribution in [0, 0.1) is 0 Å². The summed E-state index contributed by atoms with van der Waals surface area (Å²) in [5, 5.41) is 0.588. The van der Waals surface area contributed by atoms with Crippen LogP contribution in [0.2, 0.25) is 5.02 Å². The molecule has 0 saturated carbocycles. The molecule has 3 aromatic carbocycles. The smallest absolute Gasteiger partial charge is 0.264 e. The fourth-order valence-electron chi connectivity index (χ4n) is 3.04. The third-order valence-electron chi connectivity index (χ3n) is 4.46. The van der Waals surface area contributed by atoms with Crippen LogP contribution in [0.15, 0.2) is 84.9 Å². The van der Waals surface area contributed by atoms with Gasteiger partial charge in [0.2, 0.25) is 0 Å². The molecule has 28 heavy (non-hydrogen) atoms. The summed E-state index contributed by atoms with van der Waals surface area (Å²) in [6.45, 7) is 3.02. The number of amides is 1. The van der Waals surface area contributed by atoms with E-state index in [9.17, 15) is 4.79 Å². The van der Waals surface area contributed by atoms with Crippen molar-refractivity contribution in [2.45, 2.75) is 32.5 Å². The molecule has 3 aromatic rings. The SMILES string of the molecule is CC[C@@H](Oc1cccc(Cl)c1)C(=O)N(Cc1ccccc1)Cc1ccccc1. The number of carbonyl (C=O) groups excluding carboxylic acids is 1. The molecule has 1 atom stereocenters. The Hall–Kier alpha value is -2.78. The molecule has 3 rings (SSSR count). The zero-order valence-electron chi connectivity index (χ0n) is 15.9. The average Bonchev–Trinajstić information content (AvgIpc) is 2.72. The molecular formula is C24H24ClNO2. The molecule has 0 aliphatic heterocycles. The minimum absolute atomic E-state index is 0.0322. The van der Waals surface area contributed by atoms with Crippen molar-refractivity contribution in [2.75, 3.05) is 0 Å². The van der Waals surface area contributed by atoms with Gasteiger partial charge in [0.05, 0.1) is 0 Å². The molecule has 0 heterocycles. The average molecular weight is 394 g/mol. The number of hydrogen-bond donors (Lipinski definition) is 0. The summed E-state index contributed by atoms with van der Waals surface area (Å²) in [5.41, 5.74) is 2.17. The Bertz CT molecular complexity index is 842. The number of benzene rings is 3. The minimum Gasteiger partial charge on any atom is -0.481 e. The van der Waals surface area contributed by atoms with E-state index in [-0.39, 0.29) is 5.91 Å². The molecule has 144 valence electrons. The monoisotopic (exact) mass is 393 g/mol. The third-order valence-corrected chi connectivity index (χ3v) is 4.70. The van der Waals surface area contributed by atoms with E-state index in [0.29, 0.717) is 30.3 Å².